The summed E-state index contributed by atoms with van der Waals surface area (Å²) in [6, 6.07) is 3.64. The molecule has 0 fully saturated rings. The van der Waals surface area contributed by atoms with Gasteiger partial charge in [-0.05, 0) is 12.1 Å². The lowest BCUT2D eigenvalue weighted by Gasteiger charge is -2.06. The first-order valence-electron chi connectivity index (χ1n) is 6.63. The van der Waals surface area contributed by atoms with Crippen LogP contribution in [0.4, 0.5) is 5.13 Å². The average molecular weight is 309 g/mol. The molecule has 2 aromatic rings. The Morgan fingerprint density at radius 3 is 2.90 bits per heavy atom. The first-order chi connectivity index (χ1) is 10.3. The van der Waals surface area contributed by atoms with E-state index in [4.69, 9.17) is 9.47 Å². The minimum Gasteiger partial charge on any atom is -0.383 e. The second-order valence-electron chi connectivity index (χ2n) is 4.37. The van der Waals surface area contributed by atoms with Gasteiger partial charge < -0.3 is 19.4 Å². The fourth-order valence-corrected chi connectivity index (χ4v) is 2.58. The molecule has 0 amide bonds. The van der Waals surface area contributed by atoms with Crippen LogP contribution >= 0.6 is 11.3 Å². The van der Waals surface area contributed by atoms with Crippen LogP contribution in [-0.4, -0.2) is 43.5 Å². The number of rotatable bonds is 8. The average Bonchev–Trinajstić information content (AvgIpc) is 2.95. The number of methoxy groups -OCH3 is 2. The highest BCUT2D eigenvalue weighted by molar-refractivity contribution is 7.14. The Balaban J connectivity index is 2.16. The largest absolute Gasteiger partial charge is 0.383 e. The summed E-state index contributed by atoms with van der Waals surface area (Å²) in [6.45, 7) is 2.34. The van der Waals surface area contributed by atoms with Crippen LogP contribution in [-0.2, 0) is 16.0 Å². The van der Waals surface area contributed by atoms with Crippen LogP contribution in [0.5, 0.6) is 0 Å². The molecule has 0 saturated heterocycles. The number of pyridine rings is 1. The quantitative estimate of drug-likeness (QED) is 0.752. The molecule has 0 spiro atoms. The summed E-state index contributed by atoms with van der Waals surface area (Å²) in [5, 5.41) is 5.83. The molecule has 2 heterocycles. The van der Waals surface area contributed by atoms with Crippen molar-refractivity contribution in [3.63, 3.8) is 0 Å². The van der Waals surface area contributed by atoms with Crippen molar-refractivity contribution in [3.8, 4) is 11.3 Å². The predicted molar refractivity (Wildman–Crippen MR) is 84.1 cm³/mol. The van der Waals surface area contributed by atoms with Gasteiger partial charge in [0.1, 0.15) is 0 Å². The van der Waals surface area contributed by atoms with E-state index in [0.29, 0.717) is 37.6 Å². The second kappa shape index (κ2) is 7.92. The molecule has 0 radical (unpaired) electrons. The minimum atomic E-state index is -0.0525. The van der Waals surface area contributed by atoms with Crippen molar-refractivity contribution in [1.82, 2.24) is 9.55 Å². The molecular weight excluding hydrogens is 290 g/mol. The van der Waals surface area contributed by atoms with Gasteiger partial charge in [0, 0.05) is 38.9 Å². The Labute approximate surface area is 127 Å². The summed E-state index contributed by atoms with van der Waals surface area (Å²) >= 11 is 1.48. The SMILES string of the molecule is COCCNc1nc(-c2cccn(CCOC)c2=O)cs1. The lowest BCUT2D eigenvalue weighted by Crippen LogP contribution is -2.22. The maximum atomic E-state index is 12.4. The minimum absolute atomic E-state index is 0.0525. The van der Waals surface area contributed by atoms with E-state index < -0.39 is 0 Å². The fraction of sp³-hybridized carbons (Fsp3) is 0.429. The summed E-state index contributed by atoms with van der Waals surface area (Å²) in [5.41, 5.74) is 1.24. The Morgan fingerprint density at radius 2 is 2.14 bits per heavy atom. The number of thiazole rings is 1. The highest BCUT2D eigenvalue weighted by Gasteiger charge is 2.09. The van der Waals surface area contributed by atoms with Crippen molar-refractivity contribution in [3.05, 3.63) is 34.1 Å². The van der Waals surface area contributed by atoms with Gasteiger partial charge in [0.15, 0.2) is 5.13 Å². The molecule has 114 valence electrons. The Bertz CT molecular complexity index is 624. The van der Waals surface area contributed by atoms with Crippen LogP contribution in [0.3, 0.4) is 0 Å². The molecule has 0 saturated carbocycles. The number of nitrogens with one attached hydrogen (secondary N) is 1. The van der Waals surface area contributed by atoms with E-state index >= 15 is 0 Å². The van der Waals surface area contributed by atoms with Gasteiger partial charge in [0.25, 0.3) is 5.56 Å². The van der Waals surface area contributed by atoms with Crippen LogP contribution < -0.4 is 10.9 Å². The lowest BCUT2D eigenvalue weighted by atomic mass is 10.2. The molecule has 0 atom stereocenters. The standard InChI is InChI=1S/C14H19N3O3S/c1-19-8-5-15-14-16-12(10-21-14)11-4-3-6-17(13(11)18)7-9-20-2/h3-4,6,10H,5,7-9H2,1-2H3,(H,15,16). The first kappa shape index (κ1) is 15.7. The van der Waals surface area contributed by atoms with E-state index in [1.165, 1.54) is 11.3 Å². The molecule has 0 aliphatic carbocycles. The van der Waals surface area contributed by atoms with E-state index in [1.54, 1.807) is 31.0 Å². The molecule has 0 aliphatic heterocycles. The number of ether oxygens (including phenoxy) is 2. The summed E-state index contributed by atoms with van der Waals surface area (Å²) in [7, 11) is 3.27. The van der Waals surface area contributed by atoms with Gasteiger partial charge in [-0.1, -0.05) is 0 Å². The monoisotopic (exact) mass is 309 g/mol. The van der Waals surface area contributed by atoms with Crippen LogP contribution in [0.1, 0.15) is 0 Å². The number of nitrogens with zero attached hydrogens (tertiary/aromatic N) is 2. The van der Waals surface area contributed by atoms with Gasteiger partial charge in [-0.2, -0.15) is 0 Å². The topological polar surface area (TPSA) is 65.4 Å². The smallest absolute Gasteiger partial charge is 0.260 e. The van der Waals surface area contributed by atoms with Crippen LogP contribution in [0.2, 0.25) is 0 Å². The third-order valence-corrected chi connectivity index (χ3v) is 3.72. The molecule has 6 nitrogen and oxygen atoms in total. The van der Waals surface area contributed by atoms with Gasteiger partial charge in [-0.3, -0.25) is 4.79 Å². The maximum absolute atomic E-state index is 12.4. The molecule has 0 aromatic carbocycles. The Kier molecular flexibility index (Phi) is 5.91. The highest BCUT2D eigenvalue weighted by atomic mass is 32.1. The van der Waals surface area contributed by atoms with Crippen LogP contribution in [0, 0.1) is 0 Å². The zero-order chi connectivity index (χ0) is 15.1. The van der Waals surface area contributed by atoms with Gasteiger partial charge in [-0.15, -0.1) is 11.3 Å². The molecule has 21 heavy (non-hydrogen) atoms. The third kappa shape index (κ3) is 4.13. The van der Waals surface area contributed by atoms with Gasteiger partial charge >= 0.3 is 0 Å². The van der Waals surface area contributed by atoms with Gasteiger partial charge in [0.05, 0.1) is 24.5 Å². The van der Waals surface area contributed by atoms with Crippen LogP contribution in [0.25, 0.3) is 11.3 Å². The molecule has 0 unspecified atom stereocenters. The van der Waals surface area contributed by atoms with E-state index in [9.17, 15) is 4.79 Å². The number of hydrogen-bond acceptors (Lipinski definition) is 6. The summed E-state index contributed by atoms with van der Waals surface area (Å²) in [5.74, 6) is 0. The third-order valence-electron chi connectivity index (χ3n) is 2.92. The molecule has 0 bridgehead atoms. The molecule has 2 aromatic heterocycles. The normalized spacial score (nSPS) is 10.8. The molecular formula is C14H19N3O3S. The maximum Gasteiger partial charge on any atom is 0.260 e. The van der Waals surface area contributed by atoms with Crippen molar-refractivity contribution >= 4 is 16.5 Å². The van der Waals surface area contributed by atoms with Crippen molar-refractivity contribution in [2.24, 2.45) is 0 Å². The molecule has 0 aliphatic rings. The van der Waals surface area contributed by atoms with Crippen LogP contribution in [0.15, 0.2) is 28.5 Å². The van der Waals surface area contributed by atoms with E-state index in [-0.39, 0.29) is 5.56 Å². The summed E-state index contributed by atoms with van der Waals surface area (Å²) in [6.07, 6.45) is 1.76. The zero-order valence-corrected chi connectivity index (χ0v) is 13.0. The second-order valence-corrected chi connectivity index (χ2v) is 5.23. The summed E-state index contributed by atoms with van der Waals surface area (Å²) in [4.78, 5) is 16.8. The van der Waals surface area contributed by atoms with Gasteiger partial charge in [-0.25, -0.2) is 4.98 Å². The fourth-order valence-electron chi connectivity index (χ4n) is 1.84. The number of hydrogen-bond donors (Lipinski definition) is 1. The van der Waals surface area contributed by atoms with Crippen molar-refractivity contribution in [2.45, 2.75) is 6.54 Å². The number of aromatic nitrogens is 2. The van der Waals surface area contributed by atoms with Crippen molar-refractivity contribution < 1.29 is 9.47 Å². The van der Waals surface area contributed by atoms with Crippen molar-refractivity contribution in [2.75, 3.05) is 39.3 Å². The van der Waals surface area contributed by atoms with E-state index in [2.05, 4.69) is 10.3 Å². The molecule has 7 heteroatoms. The molecule has 2 rings (SSSR count). The highest BCUT2D eigenvalue weighted by Crippen LogP contribution is 2.22. The lowest BCUT2D eigenvalue weighted by molar-refractivity contribution is 0.186. The Morgan fingerprint density at radius 1 is 1.33 bits per heavy atom. The number of anilines is 1. The van der Waals surface area contributed by atoms with E-state index in [0.717, 1.165) is 5.13 Å². The van der Waals surface area contributed by atoms with E-state index in [1.807, 2.05) is 11.4 Å². The zero-order valence-electron chi connectivity index (χ0n) is 12.2. The predicted octanol–water partition coefficient (Wildman–Crippen LogP) is 1.68. The van der Waals surface area contributed by atoms with Gasteiger partial charge in [0.2, 0.25) is 0 Å². The summed E-state index contributed by atoms with van der Waals surface area (Å²) < 4.78 is 11.6. The van der Waals surface area contributed by atoms with Crippen molar-refractivity contribution in [1.29, 1.82) is 0 Å². The first-order valence-corrected chi connectivity index (χ1v) is 7.51. The Hall–Kier alpha value is -1.70. The molecule has 1 N–H and O–H groups in total.